The Hall–Kier alpha value is -2.44. The van der Waals surface area contributed by atoms with Crippen molar-refractivity contribution in [2.45, 2.75) is 25.8 Å². The maximum absolute atomic E-state index is 12.2. The van der Waals surface area contributed by atoms with Crippen molar-refractivity contribution in [1.82, 2.24) is 4.90 Å². The molecule has 1 N–H and O–H groups in total. The highest BCUT2D eigenvalue weighted by molar-refractivity contribution is 5.87. The van der Waals surface area contributed by atoms with Crippen LogP contribution in [0, 0.1) is 0 Å². The van der Waals surface area contributed by atoms with E-state index in [9.17, 15) is 14.7 Å². The van der Waals surface area contributed by atoms with Crippen LogP contribution >= 0.6 is 0 Å². The maximum atomic E-state index is 12.2. The van der Waals surface area contributed by atoms with Crippen LogP contribution in [-0.4, -0.2) is 49.4 Å². The summed E-state index contributed by atoms with van der Waals surface area (Å²) in [5.74, 6) is -0.174. The van der Waals surface area contributed by atoms with Crippen LogP contribution in [0.25, 0.3) is 0 Å². The van der Waals surface area contributed by atoms with Gasteiger partial charge in [-0.05, 0) is 43.5 Å². The number of ether oxygens (including phenoxy) is 3. The van der Waals surface area contributed by atoms with Gasteiger partial charge in [0.2, 0.25) is 0 Å². The van der Waals surface area contributed by atoms with Gasteiger partial charge in [-0.3, -0.25) is 4.90 Å². The van der Waals surface area contributed by atoms with E-state index in [1.807, 2.05) is 0 Å². The predicted octanol–water partition coefficient (Wildman–Crippen LogP) is 2.02. The normalized spacial score (nSPS) is 19.7. The van der Waals surface area contributed by atoms with Gasteiger partial charge < -0.3 is 19.3 Å². The molecule has 1 aliphatic heterocycles. The second-order valence-electron chi connectivity index (χ2n) is 5.34. The van der Waals surface area contributed by atoms with Gasteiger partial charge in [-0.25, -0.2) is 9.59 Å². The number of fused-ring (bicyclic) bond motifs is 1. The Kier molecular flexibility index (Phi) is 4.68. The van der Waals surface area contributed by atoms with Crippen molar-refractivity contribution < 1.29 is 28.9 Å². The quantitative estimate of drug-likeness (QED) is 0.912. The summed E-state index contributed by atoms with van der Waals surface area (Å²) in [6.45, 7) is 3.62. The van der Waals surface area contributed by atoms with Crippen molar-refractivity contribution in [1.29, 1.82) is 0 Å². The minimum Gasteiger partial charge on any atom is -0.493 e. The Balaban J connectivity index is 2.60. The molecule has 0 unspecified atom stereocenters. The molecule has 0 aliphatic carbocycles. The Morgan fingerprint density at radius 2 is 1.87 bits per heavy atom. The van der Waals surface area contributed by atoms with Crippen molar-refractivity contribution >= 4 is 12.1 Å². The summed E-state index contributed by atoms with van der Waals surface area (Å²) in [6, 6.07) is 3.38. The number of carbonyl (C=O) groups excluding carboxylic acids is 1. The second-order valence-corrected chi connectivity index (χ2v) is 5.34. The molecule has 2 rings (SSSR count). The lowest BCUT2D eigenvalue weighted by Gasteiger charge is -2.42. The van der Waals surface area contributed by atoms with Crippen LogP contribution < -0.4 is 9.47 Å². The van der Waals surface area contributed by atoms with Crippen LogP contribution in [0.15, 0.2) is 12.1 Å². The molecule has 0 saturated heterocycles. The summed E-state index contributed by atoms with van der Waals surface area (Å²) >= 11 is 0. The van der Waals surface area contributed by atoms with E-state index in [-0.39, 0.29) is 13.2 Å². The molecule has 0 radical (unpaired) electrons. The van der Waals surface area contributed by atoms with Gasteiger partial charge in [0.25, 0.3) is 0 Å². The van der Waals surface area contributed by atoms with Crippen LogP contribution in [0.1, 0.15) is 25.0 Å². The average Bonchev–Trinajstić information content (AvgIpc) is 2.53. The first-order chi connectivity index (χ1) is 10.9. The topological polar surface area (TPSA) is 85.3 Å². The fourth-order valence-electron chi connectivity index (χ4n) is 2.89. The molecule has 1 atom stereocenters. The van der Waals surface area contributed by atoms with Gasteiger partial charge in [-0.1, -0.05) is 0 Å². The van der Waals surface area contributed by atoms with E-state index in [0.717, 1.165) is 5.56 Å². The highest BCUT2D eigenvalue weighted by atomic mass is 16.6. The summed E-state index contributed by atoms with van der Waals surface area (Å²) in [6.07, 6.45) is -0.130. The highest BCUT2D eigenvalue weighted by Crippen LogP contribution is 2.41. The van der Waals surface area contributed by atoms with Crippen molar-refractivity contribution in [3.63, 3.8) is 0 Å². The van der Waals surface area contributed by atoms with Gasteiger partial charge >= 0.3 is 12.1 Å². The molecule has 0 bridgehead atoms. The summed E-state index contributed by atoms with van der Waals surface area (Å²) in [7, 11) is 3.00. The minimum atomic E-state index is -1.53. The molecule has 7 nitrogen and oxygen atoms in total. The summed E-state index contributed by atoms with van der Waals surface area (Å²) in [5.41, 5.74) is -0.214. The standard InChI is InChI=1S/C16H21NO6/c1-5-23-15(20)17-7-6-10-8-12(21-3)13(22-4)9-11(10)16(17,2)14(18)19/h8-9H,5-7H2,1-4H3,(H,18,19)/t16-/m0/s1. The van der Waals surface area contributed by atoms with Crippen molar-refractivity contribution in [3.8, 4) is 11.5 Å². The van der Waals surface area contributed by atoms with Gasteiger partial charge in [-0.2, -0.15) is 0 Å². The zero-order valence-corrected chi connectivity index (χ0v) is 13.7. The monoisotopic (exact) mass is 323 g/mol. The van der Waals surface area contributed by atoms with E-state index in [1.54, 1.807) is 19.1 Å². The number of rotatable bonds is 4. The van der Waals surface area contributed by atoms with E-state index < -0.39 is 17.6 Å². The first-order valence-corrected chi connectivity index (χ1v) is 7.33. The number of hydrogen-bond donors (Lipinski definition) is 1. The molecule has 1 aromatic rings. The largest absolute Gasteiger partial charge is 0.493 e. The third-order valence-corrected chi connectivity index (χ3v) is 4.18. The average molecular weight is 323 g/mol. The zero-order chi connectivity index (χ0) is 17.2. The van der Waals surface area contributed by atoms with Crippen molar-refractivity contribution in [2.75, 3.05) is 27.4 Å². The lowest BCUT2D eigenvalue weighted by Crippen LogP contribution is -2.56. The number of aliphatic carboxylic acids is 1. The molecular formula is C16H21NO6. The second kappa shape index (κ2) is 6.36. The van der Waals surface area contributed by atoms with E-state index in [1.165, 1.54) is 26.0 Å². The Morgan fingerprint density at radius 1 is 1.26 bits per heavy atom. The molecule has 1 aromatic carbocycles. The summed E-state index contributed by atoms with van der Waals surface area (Å²) in [4.78, 5) is 25.4. The van der Waals surface area contributed by atoms with E-state index in [4.69, 9.17) is 14.2 Å². The fourth-order valence-corrected chi connectivity index (χ4v) is 2.89. The molecule has 0 spiro atoms. The van der Waals surface area contributed by atoms with Crippen LogP contribution in [-0.2, 0) is 21.5 Å². The van der Waals surface area contributed by atoms with E-state index in [0.29, 0.717) is 23.5 Å². The minimum absolute atomic E-state index is 0.184. The third kappa shape index (κ3) is 2.67. The molecule has 0 fully saturated rings. The SMILES string of the molecule is CCOC(=O)N1CCc2cc(OC)c(OC)cc2[C@@]1(C)C(=O)O. The fraction of sp³-hybridized carbons (Fsp3) is 0.500. The first kappa shape index (κ1) is 16.9. The van der Waals surface area contributed by atoms with Gasteiger partial charge in [0, 0.05) is 6.54 Å². The number of amides is 1. The van der Waals surface area contributed by atoms with Crippen LogP contribution in [0.3, 0.4) is 0 Å². The number of nitrogens with zero attached hydrogens (tertiary/aromatic N) is 1. The smallest absolute Gasteiger partial charge is 0.410 e. The van der Waals surface area contributed by atoms with Crippen LogP contribution in [0.4, 0.5) is 4.79 Å². The van der Waals surface area contributed by atoms with Gasteiger partial charge in [0.15, 0.2) is 17.0 Å². The predicted molar refractivity (Wildman–Crippen MR) is 82.0 cm³/mol. The van der Waals surface area contributed by atoms with Crippen molar-refractivity contribution in [3.05, 3.63) is 23.3 Å². The Labute approximate surface area is 134 Å². The molecule has 1 heterocycles. The lowest BCUT2D eigenvalue weighted by atomic mass is 9.81. The molecule has 23 heavy (non-hydrogen) atoms. The Bertz CT molecular complexity index is 629. The molecule has 0 saturated carbocycles. The third-order valence-electron chi connectivity index (χ3n) is 4.18. The highest BCUT2D eigenvalue weighted by Gasteiger charge is 2.48. The van der Waals surface area contributed by atoms with Crippen LogP contribution in [0.5, 0.6) is 11.5 Å². The van der Waals surface area contributed by atoms with E-state index >= 15 is 0 Å². The Morgan fingerprint density at radius 3 is 2.39 bits per heavy atom. The molecule has 7 heteroatoms. The number of carboxylic acid groups (broad SMARTS) is 1. The molecule has 1 amide bonds. The number of carboxylic acids is 1. The van der Waals surface area contributed by atoms with Gasteiger partial charge in [-0.15, -0.1) is 0 Å². The molecular weight excluding hydrogens is 302 g/mol. The number of methoxy groups -OCH3 is 2. The maximum Gasteiger partial charge on any atom is 0.410 e. The van der Waals surface area contributed by atoms with Crippen LogP contribution in [0.2, 0.25) is 0 Å². The number of benzene rings is 1. The van der Waals surface area contributed by atoms with E-state index in [2.05, 4.69) is 0 Å². The number of hydrogen-bond acceptors (Lipinski definition) is 5. The molecule has 0 aromatic heterocycles. The van der Waals surface area contributed by atoms with Crippen molar-refractivity contribution in [2.24, 2.45) is 0 Å². The van der Waals surface area contributed by atoms with Gasteiger partial charge in [0.05, 0.1) is 20.8 Å². The van der Waals surface area contributed by atoms with Gasteiger partial charge in [0.1, 0.15) is 0 Å². The summed E-state index contributed by atoms with van der Waals surface area (Å²) < 4.78 is 15.5. The first-order valence-electron chi connectivity index (χ1n) is 7.33. The lowest BCUT2D eigenvalue weighted by molar-refractivity contribution is -0.150. The summed E-state index contributed by atoms with van der Waals surface area (Å²) in [5, 5.41) is 9.80. The zero-order valence-electron chi connectivity index (χ0n) is 13.7. The number of carbonyl (C=O) groups is 2. The molecule has 126 valence electrons. The molecule has 1 aliphatic rings.